The second-order valence-electron chi connectivity index (χ2n) is 8.42. The first-order valence-electron chi connectivity index (χ1n) is 11.9. The average molecular weight is 510 g/mol. The normalized spacial score (nSPS) is 12.4. The van der Waals surface area contributed by atoms with Crippen LogP contribution in [0, 0.1) is 0 Å². The fraction of sp³-hybridized carbons (Fsp3) is 0.583. The Labute approximate surface area is 211 Å². The van der Waals surface area contributed by atoms with Gasteiger partial charge in [-0.1, -0.05) is 63.3 Å². The van der Waals surface area contributed by atoms with Gasteiger partial charge < -0.3 is 21.9 Å². The maximum atomic E-state index is 12.2. The monoisotopic (exact) mass is 509 g/mol. The van der Waals surface area contributed by atoms with Crippen molar-refractivity contribution in [3.05, 3.63) is 35.4 Å². The van der Waals surface area contributed by atoms with Crippen molar-refractivity contribution < 1.29 is 24.7 Å². The molecule has 8 N–H and O–H groups in total. The van der Waals surface area contributed by atoms with Crippen LogP contribution in [-0.4, -0.2) is 51.1 Å². The Hall–Kier alpha value is -2.79. The molecule has 0 aromatic heterocycles. The summed E-state index contributed by atoms with van der Waals surface area (Å²) in [4.78, 5) is 38.9. The molecule has 0 spiro atoms. The van der Waals surface area contributed by atoms with Crippen LogP contribution in [0.5, 0.6) is 0 Å². The van der Waals surface area contributed by atoms with E-state index in [4.69, 9.17) is 21.8 Å². The van der Waals surface area contributed by atoms with Gasteiger partial charge in [0.1, 0.15) is 6.04 Å². The topological polar surface area (TPSA) is 180 Å². The number of carbonyl (C=O) groups excluding carboxylic acids is 2. The smallest absolute Gasteiger partial charge is 0.313 e. The highest BCUT2D eigenvalue weighted by atomic mass is 32.2. The number of amides is 2. The van der Waals surface area contributed by atoms with Crippen molar-refractivity contribution in [2.45, 2.75) is 82.5 Å². The lowest BCUT2D eigenvalue weighted by atomic mass is 10.00. The molecule has 0 aliphatic rings. The molecule has 0 heterocycles. The largest absolute Gasteiger partial charge is 0.481 e. The molecule has 0 aliphatic carbocycles. The molecule has 1 rings (SSSR count). The number of hydrogen-bond acceptors (Lipinski definition) is 6. The highest BCUT2D eigenvalue weighted by molar-refractivity contribution is 8.00. The summed E-state index contributed by atoms with van der Waals surface area (Å²) >= 11 is 1.02. The minimum atomic E-state index is -1.01. The van der Waals surface area contributed by atoms with Crippen molar-refractivity contribution in [3.8, 4) is 0 Å². The molecule has 2 unspecified atom stereocenters. The number of aliphatic carboxylic acids is 1. The third kappa shape index (κ3) is 13.6. The summed E-state index contributed by atoms with van der Waals surface area (Å²) in [5, 5.41) is 19.8. The van der Waals surface area contributed by atoms with Crippen LogP contribution in [0.3, 0.4) is 0 Å². The number of nitrogens with two attached hydrogens (primary N) is 2. The number of nitrogens with zero attached hydrogens (tertiary/aromatic N) is 1. The number of aliphatic imine (C=N–C) groups is 1. The molecule has 0 saturated carbocycles. The zero-order chi connectivity index (χ0) is 26.1. The van der Waals surface area contributed by atoms with Gasteiger partial charge in [0, 0.05) is 11.7 Å². The molecule has 1 aromatic carbocycles. The van der Waals surface area contributed by atoms with Gasteiger partial charge in [-0.3, -0.25) is 19.6 Å². The van der Waals surface area contributed by atoms with E-state index in [9.17, 15) is 14.4 Å². The third-order valence-electron chi connectivity index (χ3n) is 5.55. The first-order valence-corrected chi connectivity index (χ1v) is 13.0. The molecule has 1 aromatic rings. The number of carboxylic acid groups (broad SMARTS) is 1. The SMILES string of the molecule is CC(SCC(=O)O)C(NC(=O)CCCCCCCCCc1ccccc1CN=C(N)N)C(=O)NO. The molecule has 35 heavy (non-hydrogen) atoms. The van der Waals surface area contributed by atoms with Crippen LogP contribution in [0.4, 0.5) is 0 Å². The van der Waals surface area contributed by atoms with E-state index in [1.165, 1.54) is 11.0 Å². The van der Waals surface area contributed by atoms with Crippen LogP contribution in [0.2, 0.25) is 0 Å². The number of benzene rings is 1. The third-order valence-corrected chi connectivity index (χ3v) is 6.76. The lowest BCUT2D eigenvalue weighted by Gasteiger charge is -2.22. The van der Waals surface area contributed by atoms with Gasteiger partial charge in [-0.15, -0.1) is 11.8 Å². The van der Waals surface area contributed by atoms with E-state index >= 15 is 0 Å². The van der Waals surface area contributed by atoms with Crippen molar-refractivity contribution in [1.82, 2.24) is 10.8 Å². The van der Waals surface area contributed by atoms with E-state index in [1.807, 2.05) is 18.2 Å². The first-order chi connectivity index (χ1) is 16.7. The summed E-state index contributed by atoms with van der Waals surface area (Å²) in [5.74, 6) is -2.17. The summed E-state index contributed by atoms with van der Waals surface area (Å²) in [6.45, 7) is 2.13. The van der Waals surface area contributed by atoms with Crippen LogP contribution in [0.25, 0.3) is 0 Å². The number of thioether (sulfide) groups is 1. The fourth-order valence-corrected chi connectivity index (χ4v) is 4.42. The molecular formula is C24H39N5O5S. The van der Waals surface area contributed by atoms with Gasteiger partial charge in [0.25, 0.3) is 5.91 Å². The number of carbonyl (C=O) groups is 3. The van der Waals surface area contributed by atoms with Crippen molar-refractivity contribution in [2.24, 2.45) is 16.5 Å². The van der Waals surface area contributed by atoms with E-state index in [1.54, 1.807) is 6.92 Å². The van der Waals surface area contributed by atoms with Crippen LogP contribution >= 0.6 is 11.8 Å². The molecule has 0 aliphatic heterocycles. The molecule has 2 amide bonds. The summed E-state index contributed by atoms with van der Waals surface area (Å²) < 4.78 is 0. The Kier molecular flexibility index (Phi) is 15.2. The number of aryl methyl sites for hydroxylation is 1. The van der Waals surface area contributed by atoms with Crippen LogP contribution in [-0.2, 0) is 27.3 Å². The predicted octanol–water partition coefficient (Wildman–Crippen LogP) is 2.32. The van der Waals surface area contributed by atoms with Gasteiger partial charge in [0.15, 0.2) is 5.96 Å². The number of guanidine groups is 1. The van der Waals surface area contributed by atoms with E-state index in [-0.39, 0.29) is 24.0 Å². The summed E-state index contributed by atoms with van der Waals surface area (Å²) in [6.07, 6.45) is 8.34. The minimum Gasteiger partial charge on any atom is -0.481 e. The molecule has 0 radical (unpaired) electrons. The summed E-state index contributed by atoms with van der Waals surface area (Å²) in [5.41, 5.74) is 14.8. The molecule has 0 bridgehead atoms. The van der Waals surface area contributed by atoms with Crippen molar-refractivity contribution in [2.75, 3.05) is 5.75 Å². The van der Waals surface area contributed by atoms with Crippen LogP contribution < -0.4 is 22.3 Å². The number of nitrogens with one attached hydrogen (secondary N) is 2. The Balaban J connectivity index is 2.21. The number of hydroxylamine groups is 1. The highest BCUT2D eigenvalue weighted by Gasteiger charge is 2.27. The minimum absolute atomic E-state index is 0.0945. The van der Waals surface area contributed by atoms with Gasteiger partial charge in [-0.25, -0.2) is 10.5 Å². The van der Waals surface area contributed by atoms with E-state index < -0.39 is 23.2 Å². The average Bonchev–Trinajstić information content (AvgIpc) is 2.83. The molecule has 2 atom stereocenters. The molecule has 196 valence electrons. The Bertz CT molecular complexity index is 832. The molecule has 0 saturated heterocycles. The zero-order valence-electron chi connectivity index (χ0n) is 20.4. The van der Waals surface area contributed by atoms with Crippen molar-refractivity contribution in [1.29, 1.82) is 0 Å². The highest BCUT2D eigenvalue weighted by Crippen LogP contribution is 2.17. The van der Waals surface area contributed by atoms with Gasteiger partial charge in [-0.2, -0.15) is 0 Å². The van der Waals surface area contributed by atoms with E-state index in [2.05, 4.69) is 16.4 Å². The number of hydrogen-bond donors (Lipinski definition) is 6. The second kappa shape index (κ2) is 17.6. The zero-order valence-corrected chi connectivity index (χ0v) is 21.2. The molecular weight excluding hydrogens is 470 g/mol. The van der Waals surface area contributed by atoms with Crippen LogP contribution in [0.15, 0.2) is 29.3 Å². The van der Waals surface area contributed by atoms with Gasteiger partial charge in [0.05, 0.1) is 12.3 Å². The summed E-state index contributed by atoms with van der Waals surface area (Å²) in [7, 11) is 0. The van der Waals surface area contributed by atoms with E-state index in [0.29, 0.717) is 13.0 Å². The summed E-state index contributed by atoms with van der Waals surface area (Å²) in [6, 6.07) is 7.18. The lowest BCUT2D eigenvalue weighted by molar-refractivity contribution is -0.135. The van der Waals surface area contributed by atoms with Gasteiger partial charge in [-0.05, 0) is 30.4 Å². The van der Waals surface area contributed by atoms with Gasteiger partial charge in [0.2, 0.25) is 5.91 Å². The molecule has 11 heteroatoms. The first kappa shape index (κ1) is 30.2. The fourth-order valence-electron chi connectivity index (χ4n) is 3.63. The molecule has 0 fully saturated rings. The maximum absolute atomic E-state index is 12.2. The van der Waals surface area contributed by atoms with Crippen LogP contribution in [0.1, 0.15) is 69.4 Å². The predicted molar refractivity (Wildman–Crippen MR) is 138 cm³/mol. The Morgan fingerprint density at radius 3 is 2.20 bits per heavy atom. The number of carboxylic acids is 1. The number of unbranched alkanes of at least 4 members (excludes halogenated alkanes) is 6. The van der Waals surface area contributed by atoms with Crippen molar-refractivity contribution >= 4 is 35.5 Å². The Morgan fingerprint density at radius 2 is 1.60 bits per heavy atom. The van der Waals surface area contributed by atoms with Gasteiger partial charge >= 0.3 is 5.97 Å². The maximum Gasteiger partial charge on any atom is 0.313 e. The molecule has 10 nitrogen and oxygen atoms in total. The quantitative estimate of drug-likeness (QED) is 0.0573. The lowest BCUT2D eigenvalue weighted by Crippen LogP contribution is -2.51. The second-order valence-corrected chi connectivity index (χ2v) is 9.78. The Morgan fingerprint density at radius 1 is 1.00 bits per heavy atom. The van der Waals surface area contributed by atoms with Crippen molar-refractivity contribution in [3.63, 3.8) is 0 Å². The number of rotatable bonds is 18. The van der Waals surface area contributed by atoms with E-state index in [0.717, 1.165) is 62.3 Å². The standard InChI is InChI=1S/C24H39N5O5S/c1-17(35-16-21(31)32)22(23(33)29-34)28-20(30)14-8-6-4-2-3-5-7-11-18-12-9-10-13-19(18)15-27-24(25)26/h9-10,12-13,17,22,34H,2-8,11,14-16H2,1H3,(H,28,30)(H,29,33)(H,31,32)(H4,25,26,27).